The zero-order valence-electron chi connectivity index (χ0n) is 12.1. The molecule has 0 amide bonds. The van der Waals surface area contributed by atoms with Crippen molar-refractivity contribution in [2.24, 2.45) is 0 Å². The first kappa shape index (κ1) is 15.5. The van der Waals surface area contributed by atoms with E-state index in [4.69, 9.17) is 11.6 Å². The third-order valence-electron chi connectivity index (χ3n) is 3.47. The fourth-order valence-corrected chi connectivity index (χ4v) is 2.61. The summed E-state index contributed by atoms with van der Waals surface area (Å²) in [6.45, 7) is 9.67. The number of nitrogens with one attached hydrogen (secondary N) is 1. The van der Waals surface area contributed by atoms with E-state index in [0.717, 1.165) is 11.6 Å². The van der Waals surface area contributed by atoms with E-state index in [1.54, 1.807) is 0 Å². The van der Waals surface area contributed by atoms with Crippen molar-refractivity contribution in [3.05, 3.63) is 33.8 Å². The van der Waals surface area contributed by atoms with Crippen molar-refractivity contribution in [1.29, 1.82) is 0 Å². The average molecular weight is 268 g/mol. The minimum absolute atomic E-state index is 0.470. The topological polar surface area (TPSA) is 12.0 Å². The highest BCUT2D eigenvalue weighted by atomic mass is 35.5. The van der Waals surface area contributed by atoms with Crippen molar-refractivity contribution in [3.8, 4) is 0 Å². The van der Waals surface area contributed by atoms with Crippen LogP contribution in [0.3, 0.4) is 0 Å². The first-order chi connectivity index (χ1) is 8.60. The van der Waals surface area contributed by atoms with E-state index >= 15 is 0 Å². The molecule has 1 atom stereocenters. The highest BCUT2D eigenvalue weighted by Crippen LogP contribution is 2.28. The Morgan fingerprint density at radius 3 is 2.44 bits per heavy atom. The van der Waals surface area contributed by atoms with Gasteiger partial charge >= 0.3 is 0 Å². The van der Waals surface area contributed by atoms with Crippen molar-refractivity contribution in [3.63, 3.8) is 0 Å². The summed E-state index contributed by atoms with van der Waals surface area (Å²) in [5.41, 5.74) is 3.89. The van der Waals surface area contributed by atoms with Gasteiger partial charge in [0.15, 0.2) is 0 Å². The molecule has 1 aromatic carbocycles. The second-order valence-corrected chi connectivity index (χ2v) is 5.47. The second-order valence-electron chi connectivity index (χ2n) is 5.06. The van der Waals surface area contributed by atoms with Gasteiger partial charge in [0, 0.05) is 11.1 Å². The fourth-order valence-electron chi connectivity index (χ4n) is 2.39. The van der Waals surface area contributed by atoms with Gasteiger partial charge in [-0.15, -0.1) is 0 Å². The van der Waals surface area contributed by atoms with Crippen LogP contribution in [0, 0.1) is 13.8 Å². The van der Waals surface area contributed by atoms with Gasteiger partial charge in [-0.1, -0.05) is 50.8 Å². The Bertz CT molecular complexity index is 374. The Morgan fingerprint density at radius 2 is 1.83 bits per heavy atom. The van der Waals surface area contributed by atoms with E-state index in [1.807, 2.05) is 0 Å². The minimum Gasteiger partial charge on any atom is -0.310 e. The average Bonchev–Trinajstić information content (AvgIpc) is 2.33. The lowest BCUT2D eigenvalue weighted by Gasteiger charge is -2.21. The number of halogens is 1. The summed E-state index contributed by atoms with van der Waals surface area (Å²) >= 11 is 6.17. The summed E-state index contributed by atoms with van der Waals surface area (Å²) in [7, 11) is 0. The molecule has 1 unspecified atom stereocenters. The molecule has 0 aliphatic heterocycles. The van der Waals surface area contributed by atoms with E-state index in [1.165, 1.54) is 42.4 Å². The molecule has 0 aliphatic carbocycles. The molecule has 1 aromatic rings. The normalized spacial score (nSPS) is 12.7. The van der Waals surface area contributed by atoms with Crippen molar-refractivity contribution in [2.45, 2.75) is 59.4 Å². The number of aryl methyl sites for hydroxylation is 2. The van der Waals surface area contributed by atoms with E-state index in [2.05, 4.69) is 45.1 Å². The summed E-state index contributed by atoms with van der Waals surface area (Å²) in [5, 5.41) is 4.48. The molecule has 0 spiro atoms. The summed E-state index contributed by atoms with van der Waals surface area (Å²) in [6.07, 6.45) is 5.09. The highest BCUT2D eigenvalue weighted by molar-refractivity contribution is 6.31. The quantitative estimate of drug-likeness (QED) is 0.671. The number of hydrogen-bond acceptors (Lipinski definition) is 1. The van der Waals surface area contributed by atoms with Crippen LogP contribution in [0.5, 0.6) is 0 Å². The third-order valence-corrected chi connectivity index (χ3v) is 3.88. The summed E-state index contributed by atoms with van der Waals surface area (Å²) in [6, 6.07) is 4.81. The van der Waals surface area contributed by atoms with Gasteiger partial charge in [-0.3, -0.25) is 0 Å². The molecule has 0 bridgehead atoms. The number of unbranched alkanes of at least 4 members (excludes halogenated alkanes) is 2. The molecular weight excluding hydrogens is 242 g/mol. The summed E-state index contributed by atoms with van der Waals surface area (Å²) in [4.78, 5) is 0. The number of benzene rings is 1. The number of hydrogen-bond donors (Lipinski definition) is 1. The lowest BCUT2D eigenvalue weighted by atomic mass is 9.95. The lowest BCUT2D eigenvalue weighted by Crippen LogP contribution is -2.21. The highest BCUT2D eigenvalue weighted by Gasteiger charge is 2.13. The fraction of sp³-hybridized carbons (Fsp3) is 0.625. The van der Waals surface area contributed by atoms with Gasteiger partial charge in [0.25, 0.3) is 0 Å². The minimum atomic E-state index is 0.470. The van der Waals surface area contributed by atoms with Gasteiger partial charge in [-0.05, 0) is 49.6 Å². The second kappa shape index (κ2) is 7.81. The Balaban J connectivity index is 2.87. The van der Waals surface area contributed by atoms with Gasteiger partial charge in [0.2, 0.25) is 0 Å². The first-order valence-electron chi connectivity index (χ1n) is 7.10. The van der Waals surface area contributed by atoms with Crippen molar-refractivity contribution < 1.29 is 0 Å². The van der Waals surface area contributed by atoms with Gasteiger partial charge in [0.1, 0.15) is 0 Å². The van der Waals surface area contributed by atoms with Crippen molar-refractivity contribution in [1.82, 2.24) is 5.32 Å². The lowest BCUT2D eigenvalue weighted by molar-refractivity contribution is 0.484. The van der Waals surface area contributed by atoms with Crippen LogP contribution < -0.4 is 5.32 Å². The Morgan fingerprint density at radius 1 is 1.11 bits per heavy atom. The molecular formula is C16H26ClN. The predicted octanol–water partition coefficient (Wildman–Crippen LogP) is 5.19. The van der Waals surface area contributed by atoms with Crippen LogP contribution in [-0.2, 0) is 0 Å². The molecule has 1 nitrogen and oxygen atoms in total. The molecule has 18 heavy (non-hydrogen) atoms. The van der Waals surface area contributed by atoms with Crippen LogP contribution in [0.15, 0.2) is 12.1 Å². The van der Waals surface area contributed by atoms with Gasteiger partial charge in [0.05, 0.1) is 0 Å². The third kappa shape index (κ3) is 4.29. The van der Waals surface area contributed by atoms with Gasteiger partial charge < -0.3 is 5.32 Å². The Labute approximate surface area is 117 Å². The maximum Gasteiger partial charge on any atom is 0.0438 e. The molecule has 1 N–H and O–H groups in total. The van der Waals surface area contributed by atoms with E-state index in [9.17, 15) is 0 Å². The molecule has 0 fully saturated rings. The Kier molecular flexibility index (Phi) is 6.73. The maximum atomic E-state index is 6.17. The van der Waals surface area contributed by atoms with Crippen LogP contribution in [0.2, 0.25) is 5.02 Å². The zero-order valence-corrected chi connectivity index (χ0v) is 12.9. The zero-order chi connectivity index (χ0) is 13.5. The summed E-state index contributed by atoms with van der Waals surface area (Å²) < 4.78 is 0. The monoisotopic (exact) mass is 267 g/mol. The summed E-state index contributed by atoms with van der Waals surface area (Å²) in [5.74, 6) is 0. The van der Waals surface area contributed by atoms with Crippen molar-refractivity contribution in [2.75, 3.05) is 6.54 Å². The first-order valence-corrected chi connectivity index (χ1v) is 7.48. The van der Waals surface area contributed by atoms with Crippen LogP contribution in [0.4, 0.5) is 0 Å². The molecule has 0 saturated heterocycles. The van der Waals surface area contributed by atoms with Crippen LogP contribution in [-0.4, -0.2) is 6.54 Å². The molecule has 0 radical (unpaired) electrons. The maximum absolute atomic E-state index is 6.17. The van der Waals surface area contributed by atoms with Crippen LogP contribution in [0.25, 0.3) is 0 Å². The van der Waals surface area contributed by atoms with Crippen molar-refractivity contribution >= 4 is 11.6 Å². The van der Waals surface area contributed by atoms with Crippen LogP contribution in [0.1, 0.15) is 62.3 Å². The van der Waals surface area contributed by atoms with Gasteiger partial charge in [-0.2, -0.15) is 0 Å². The smallest absolute Gasteiger partial charge is 0.0438 e. The molecule has 2 heteroatoms. The standard InChI is InChI=1S/C16H26ClN/c1-5-7-8-9-16(18-6-2)14-10-13(4)15(17)11-12(14)3/h10-11,16,18H,5-9H2,1-4H3. The van der Waals surface area contributed by atoms with E-state index < -0.39 is 0 Å². The Hall–Kier alpha value is -0.530. The molecule has 0 aliphatic rings. The predicted molar refractivity (Wildman–Crippen MR) is 81.5 cm³/mol. The molecule has 1 rings (SSSR count). The molecule has 102 valence electrons. The van der Waals surface area contributed by atoms with Gasteiger partial charge in [-0.25, -0.2) is 0 Å². The number of rotatable bonds is 7. The van der Waals surface area contributed by atoms with Crippen LogP contribution >= 0.6 is 11.6 Å². The molecule has 0 saturated carbocycles. The van der Waals surface area contributed by atoms with E-state index in [0.29, 0.717) is 6.04 Å². The largest absolute Gasteiger partial charge is 0.310 e. The molecule has 0 aromatic heterocycles. The SMILES string of the molecule is CCCCCC(NCC)c1cc(C)c(Cl)cc1C. The molecule has 0 heterocycles. The van der Waals surface area contributed by atoms with E-state index in [-0.39, 0.29) is 0 Å².